The molecule has 1 fully saturated rings. The average Bonchev–Trinajstić information content (AvgIpc) is 2.72. The molecule has 0 amide bonds. The highest BCUT2D eigenvalue weighted by Gasteiger charge is 2.40. The first kappa shape index (κ1) is 12.8. The SMILES string of the molecule is Cc1ccc(F)c(C(O)C2(C)CCCS2)c1F. The Morgan fingerprint density at radius 3 is 2.71 bits per heavy atom. The van der Waals surface area contributed by atoms with E-state index in [2.05, 4.69) is 0 Å². The van der Waals surface area contributed by atoms with Gasteiger partial charge in [0.15, 0.2) is 0 Å². The minimum atomic E-state index is -1.09. The number of halogens is 2. The van der Waals surface area contributed by atoms with Gasteiger partial charge in [-0.05, 0) is 44.1 Å². The van der Waals surface area contributed by atoms with Gasteiger partial charge in [-0.1, -0.05) is 6.07 Å². The Bertz CT molecular complexity index is 428. The van der Waals surface area contributed by atoms with E-state index >= 15 is 0 Å². The van der Waals surface area contributed by atoms with Gasteiger partial charge in [0.05, 0.1) is 11.7 Å². The van der Waals surface area contributed by atoms with Crippen LogP contribution < -0.4 is 0 Å². The third-order valence-corrected chi connectivity index (χ3v) is 5.00. The summed E-state index contributed by atoms with van der Waals surface area (Å²) in [6, 6.07) is 2.62. The summed E-state index contributed by atoms with van der Waals surface area (Å²) in [5.41, 5.74) is 0.189. The Labute approximate surface area is 104 Å². The van der Waals surface area contributed by atoms with E-state index in [9.17, 15) is 13.9 Å². The molecule has 0 radical (unpaired) electrons. The number of aliphatic hydroxyl groups excluding tert-OH is 1. The average molecular weight is 258 g/mol. The molecule has 1 heterocycles. The Balaban J connectivity index is 2.43. The van der Waals surface area contributed by atoms with Gasteiger partial charge in [-0.2, -0.15) is 11.8 Å². The predicted molar refractivity (Wildman–Crippen MR) is 66.2 cm³/mol. The van der Waals surface area contributed by atoms with Crippen LogP contribution in [0.1, 0.15) is 37.0 Å². The van der Waals surface area contributed by atoms with Gasteiger partial charge >= 0.3 is 0 Å². The maximum atomic E-state index is 13.9. The summed E-state index contributed by atoms with van der Waals surface area (Å²) in [4.78, 5) is 0. The van der Waals surface area contributed by atoms with E-state index in [1.54, 1.807) is 18.7 Å². The second kappa shape index (κ2) is 4.58. The number of hydrogen-bond acceptors (Lipinski definition) is 2. The first-order valence-corrected chi connectivity index (χ1v) is 6.71. The fraction of sp³-hybridized carbons (Fsp3) is 0.538. The number of rotatable bonds is 2. The fourth-order valence-electron chi connectivity index (χ4n) is 2.25. The van der Waals surface area contributed by atoms with Gasteiger partial charge in [0.2, 0.25) is 0 Å². The zero-order chi connectivity index (χ0) is 12.6. The highest BCUT2D eigenvalue weighted by Crippen LogP contribution is 2.47. The Morgan fingerprint density at radius 2 is 2.12 bits per heavy atom. The van der Waals surface area contributed by atoms with E-state index < -0.39 is 22.5 Å². The lowest BCUT2D eigenvalue weighted by atomic mass is 9.91. The lowest BCUT2D eigenvalue weighted by Gasteiger charge is -2.30. The predicted octanol–water partition coefficient (Wildman–Crippen LogP) is 3.59. The molecule has 0 bridgehead atoms. The van der Waals surface area contributed by atoms with Crippen LogP contribution in [0.3, 0.4) is 0 Å². The molecular weight excluding hydrogens is 242 g/mol. The monoisotopic (exact) mass is 258 g/mol. The van der Waals surface area contributed by atoms with Crippen LogP contribution in [0.5, 0.6) is 0 Å². The Morgan fingerprint density at radius 1 is 1.41 bits per heavy atom. The summed E-state index contributed by atoms with van der Waals surface area (Å²) < 4.78 is 27.1. The number of hydrogen-bond donors (Lipinski definition) is 1. The molecule has 94 valence electrons. The standard InChI is InChI=1S/C13H16F2OS/c1-8-4-5-9(14)10(11(8)15)12(16)13(2)6-3-7-17-13/h4-5,12,16H,3,6-7H2,1-2H3. The summed E-state index contributed by atoms with van der Waals surface area (Å²) >= 11 is 1.59. The Hall–Kier alpha value is -0.610. The summed E-state index contributed by atoms with van der Waals surface area (Å²) in [6.07, 6.45) is 0.675. The molecule has 2 rings (SSSR count). The van der Waals surface area contributed by atoms with Crippen LogP contribution in [0.25, 0.3) is 0 Å². The van der Waals surface area contributed by atoms with Crippen LogP contribution in [-0.2, 0) is 0 Å². The van der Waals surface area contributed by atoms with E-state index in [-0.39, 0.29) is 5.56 Å². The topological polar surface area (TPSA) is 20.2 Å². The molecule has 1 aromatic carbocycles. The molecule has 1 N–H and O–H groups in total. The molecule has 1 saturated heterocycles. The third-order valence-electron chi connectivity index (χ3n) is 3.42. The smallest absolute Gasteiger partial charge is 0.134 e. The van der Waals surface area contributed by atoms with Crippen molar-refractivity contribution in [1.29, 1.82) is 0 Å². The molecule has 0 aliphatic carbocycles. The Kier molecular flexibility index (Phi) is 3.46. The molecule has 1 aliphatic rings. The largest absolute Gasteiger partial charge is 0.387 e. The van der Waals surface area contributed by atoms with E-state index in [1.165, 1.54) is 12.1 Å². The molecule has 1 nitrogen and oxygen atoms in total. The maximum absolute atomic E-state index is 13.9. The van der Waals surface area contributed by atoms with Crippen molar-refractivity contribution in [3.05, 3.63) is 34.9 Å². The molecule has 1 aliphatic heterocycles. The van der Waals surface area contributed by atoms with Gasteiger partial charge in [-0.25, -0.2) is 8.78 Å². The summed E-state index contributed by atoms with van der Waals surface area (Å²) in [6.45, 7) is 3.45. The van der Waals surface area contributed by atoms with E-state index in [4.69, 9.17) is 0 Å². The van der Waals surface area contributed by atoms with Gasteiger partial charge in [-0.3, -0.25) is 0 Å². The summed E-state index contributed by atoms with van der Waals surface area (Å²) in [5, 5.41) is 10.3. The molecule has 0 aromatic heterocycles. The van der Waals surface area contributed by atoms with E-state index in [1.807, 2.05) is 6.92 Å². The second-order valence-corrected chi connectivity index (χ2v) is 6.39. The summed E-state index contributed by atoms with van der Waals surface area (Å²) in [7, 11) is 0. The molecule has 2 unspecified atom stereocenters. The molecule has 1 aromatic rings. The zero-order valence-electron chi connectivity index (χ0n) is 9.96. The van der Waals surface area contributed by atoms with Crippen molar-refractivity contribution in [3.63, 3.8) is 0 Å². The fourth-order valence-corrected chi connectivity index (χ4v) is 3.57. The molecule has 0 saturated carbocycles. The number of benzene rings is 1. The van der Waals surface area contributed by atoms with E-state index in [0.717, 1.165) is 18.6 Å². The second-order valence-electron chi connectivity index (χ2n) is 4.76. The van der Waals surface area contributed by atoms with Gasteiger partial charge in [0.25, 0.3) is 0 Å². The molecule has 2 atom stereocenters. The number of thioether (sulfide) groups is 1. The van der Waals surface area contributed by atoms with Crippen molar-refractivity contribution in [2.45, 2.75) is 37.5 Å². The first-order valence-electron chi connectivity index (χ1n) is 5.72. The molecule has 17 heavy (non-hydrogen) atoms. The zero-order valence-corrected chi connectivity index (χ0v) is 10.8. The van der Waals surface area contributed by atoms with Crippen LogP contribution in [0.15, 0.2) is 12.1 Å². The van der Waals surface area contributed by atoms with Crippen molar-refractivity contribution < 1.29 is 13.9 Å². The van der Waals surface area contributed by atoms with Crippen LogP contribution in [0.2, 0.25) is 0 Å². The van der Waals surface area contributed by atoms with Gasteiger partial charge < -0.3 is 5.11 Å². The normalized spacial score (nSPS) is 26.2. The van der Waals surface area contributed by atoms with Crippen molar-refractivity contribution >= 4 is 11.8 Å². The van der Waals surface area contributed by atoms with Crippen molar-refractivity contribution in [1.82, 2.24) is 0 Å². The van der Waals surface area contributed by atoms with Gasteiger partial charge in [0, 0.05) is 4.75 Å². The van der Waals surface area contributed by atoms with Crippen LogP contribution in [0.4, 0.5) is 8.78 Å². The quantitative estimate of drug-likeness (QED) is 0.874. The van der Waals surface area contributed by atoms with Gasteiger partial charge in [-0.15, -0.1) is 0 Å². The van der Waals surface area contributed by atoms with E-state index in [0.29, 0.717) is 5.56 Å². The van der Waals surface area contributed by atoms with Crippen LogP contribution in [-0.4, -0.2) is 15.6 Å². The van der Waals surface area contributed by atoms with Crippen molar-refractivity contribution in [3.8, 4) is 0 Å². The highest BCUT2D eigenvalue weighted by atomic mass is 32.2. The molecule has 0 spiro atoms. The van der Waals surface area contributed by atoms with Crippen LogP contribution in [0, 0.1) is 18.6 Å². The number of aryl methyl sites for hydroxylation is 1. The first-order chi connectivity index (χ1) is 7.96. The third kappa shape index (κ3) is 2.20. The van der Waals surface area contributed by atoms with Crippen molar-refractivity contribution in [2.24, 2.45) is 0 Å². The lowest BCUT2D eigenvalue weighted by molar-refractivity contribution is 0.126. The number of aliphatic hydroxyl groups is 1. The lowest BCUT2D eigenvalue weighted by Crippen LogP contribution is -2.28. The van der Waals surface area contributed by atoms with Crippen LogP contribution >= 0.6 is 11.8 Å². The molecular formula is C13H16F2OS. The maximum Gasteiger partial charge on any atom is 0.134 e. The summed E-state index contributed by atoms with van der Waals surface area (Å²) in [5.74, 6) is -0.344. The molecule has 4 heteroatoms. The minimum absolute atomic E-state index is 0.179. The van der Waals surface area contributed by atoms with Crippen molar-refractivity contribution in [2.75, 3.05) is 5.75 Å². The minimum Gasteiger partial charge on any atom is -0.387 e. The van der Waals surface area contributed by atoms with Gasteiger partial charge in [0.1, 0.15) is 11.6 Å². The highest BCUT2D eigenvalue weighted by molar-refractivity contribution is 8.00.